The van der Waals surface area contributed by atoms with E-state index >= 15 is 0 Å². The number of anilines is 1. The van der Waals surface area contributed by atoms with Gasteiger partial charge in [0.25, 0.3) is 0 Å². The molecule has 1 N–H and O–H groups in total. The molecule has 1 nitrogen and oxygen atoms in total. The van der Waals surface area contributed by atoms with Crippen LogP contribution in [0, 0.1) is 0 Å². The average molecular weight is 244 g/mol. The zero-order valence-corrected chi connectivity index (χ0v) is 9.21. The Morgan fingerprint density at radius 3 is 3.25 bits per heavy atom. The van der Waals surface area contributed by atoms with Gasteiger partial charge in [0, 0.05) is 21.2 Å². The summed E-state index contributed by atoms with van der Waals surface area (Å²) in [5.41, 5.74) is 1.25. The molecule has 1 aliphatic rings. The minimum atomic E-state index is 0.571. The summed E-state index contributed by atoms with van der Waals surface area (Å²) in [6, 6.07) is 6.88. The normalized spacial score (nSPS) is 21.3. The molecule has 0 aromatic heterocycles. The van der Waals surface area contributed by atoms with Gasteiger partial charge in [-0.1, -0.05) is 6.07 Å². The standard InChI is InChI=1S/C9H10BrNS/c1-6-5-12-8-4-2-3-7(10)9(8)11-6/h2-4,6,11H,5H2,1H3. The molecule has 1 unspecified atom stereocenters. The highest BCUT2D eigenvalue weighted by Gasteiger charge is 2.15. The van der Waals surface area contributed by atoms with Crippen LogP contribution in [0.2, 0.25) is 0 Å². The van der Waals surface area contributed by atoms with Crippen molar-refractivity contribution in [2.24, 2.45) is 0 Å². The molecule has 0 bridgehead atoms. The Bertz CT molecular complexity index is 301. The molecule has 12 heavy (non-hydrogen) atoms. The Balaban J connectivity index is 2.43. The van der Waals surface area contributed by atoms with Gasteiger partial charge in [0.2, 0.25) is 0 Å². The van der Waals surface area contributed by atoms with Crippen molar-refractivity contribution >= 4 is 33.4 Å². The first kappa shape index (κ1) is 8.45. The molecule has 3 heteroatoms. The molecule has 2 rings (SSSR count). The summed E-state index contributed by atoms with van der Waals surface area (Å²) < 4.78 is 1.17. The van der Waals surface area contributed by atoms with Crippen molar-refractivity contribution < 1.29 is 0 Å². The highest BCUT2D eigenvalue weighted by molar-refractivity contribution is 9.10. The lowest BCUT2D eigenvalue weighted by Gasteiger charge is -2.24. The number of fused-ring (bicyclic) bond motifs is 1. The molecule has 1 aliphatic heterocycles. The van der Waals surface area contributed by atoms with Crippen LogP contribution < -0.4 is 5.32 Å². The Morgan fingerprint density at radius 1 is 1.58 bits per heavy atom. The Morgan fingerprint density at radius 2 is 2.42 bits per heavy atom. The maximum absolute atomic E-state index is 3.53. The van der Waals surface area contributed by atoms with Crippen molar-refractivity contribution in [3.05, 3.63) is 22.7 Å². The van der Waals surface area contributed by atoms with Crippen LogP contribution in [0.15, 0.2) is 27.6 Å². The largest absolute Gasteiger partial charge is 0.380 e. The fraction of sp³-hybridized carbons (Fsp3) is 0.333. The zero-order valence-electron chi connectivity index (χ0n) is 6.80. The van der Waals surface area contributed by atoms with E-state index in [4.69, 9.17) is 0 Å². The summed E-state index contributed by atoms with van der Waals surface area (Å²) in [6.07, 6.45) is 0. The Kier molecular flexibility index (Phi) is 2.33. The first-order chi connectivity index (χ1) is 5.77. The fourth-order valence-corrected chi connectivity index (χ4v) is 2.88. The van der Waals surface area contributed by atoms with E-state index in [-0.39, 0.29) is 0 Å². The lowest BCUT2D eigenvalue weighted by Crippen LogP contribution is -2.22. The minimum absolute atomic E-state index is 0.571. The highest BCUT2D eigenvalue weighted by Crippen LogP contribution is 2.37. The third-order valence-corrected chi connectivity index (χ3v) is 3.83. The summed E-state index contributed by atoms with van der Waals surface area (Å²) in [7, 11) is 0. The number of para-hydroxylation sites is 1. The molecule has 0 spiro atoms. The van der Waals surface area contributed by atoms with Crippen molar-refractivity contribution in [1.82, 2.24) is 0 Å². The lowest BCUT2D eigenvalue weighted by molar-refractivity contribution is 0.893. The number of thioether (sulfide) groups is 1. The van der Waals surface area contributed by atoms with Gasteiger partial charge >= 0.3 is 0 Å². The topological polar surface area (TPSA) is 12.0 Å². The number of hydrogen-bond donors (Lipinski definition) is 1. The summed E-state index contributed by atoms with van der Waals surface area (Å²) in [4.78, 5) is 1.35. The molecule has 0 saturated heterocycles. The van der Waals surface area contributed by atoms with Crippen molar-refractivity contribution in [2.45, 2.75) is 17.9 Å². The van der Waals surface area contributed by atoms with Gasteiger partial charge in [-0.15, -0.1) is 11.8 Å². The van der Waals surface area contributed by atoms with E-state index in [1.165, 1.54) is 15.1 Å². The Labute approximate surface area is 85.1 Å². The zero-order chi connectivity index (χ0) is 8.55. The van der Waals surface area contributed by atoms with Gasteiger partial charge in [-0.2, -0.15) is 0 Å². The number of halogens is 1. The second-order valence-electron chi connectivity index (χ2n) is 2.97. The quantitative estimate of drug-likeness (QED) is 0.751. The smallest absolute Gasteiger partial charge is 0.0625 e. The lowest BCUT2D eigenvalue weighted by atomic mass is 10.3. The SMILES string of the molecule is CC1CSc2cccc(Br)c2N1. The molecule has 1 aromatic rings. The maximum Gasteiger partial charge on any atom is 0.0625 e. The van der Waals surface area contributed by atoms with Gasteiger partial charge in [-0.3, -0.25) is 0 Å². The monoisotopic (exact) mass is 243 g/mol. The van der Waals surface area contributed by atoms with E-state index in [0.29, 0.717) is 6.04 Å². The van der Waals surface area contributed by atoms with Crippen molar-refractivity contribution in [3.8, 4) is 0 Å². The molecule has 64 valence electrons. The van der Waals surface area contributed by atoms with E-state index in [0.717, 1.165) is 5.75 Å². The van der Waals surface area contributed by atoms with Crippen LogP contribution in [-0.4, -0.2) is 11.8 Å². The number of nitrogens with one attached hydrogen (secondary N) is 1. The molecule has 1 atom stereocenters. The fourth-order valence-electron chi connectivity index (χ4n) is 1.27. The highest BCUT2D eigenvalue weighted by atomic mass is 79.9. The molecule has 0 amide bonds. The van der Waals surface area contributed by atoms with Gasteiger partial charge < -0.3 is 5.32 Å². The molecular formula is C9H10BrNS. The molecule has 0 fully saturated rings. The Hall–Kier alpha value is -0.150. The molecular weight excluding hydrogens is 234 g/mol. The van der Waals surface area contributed by atoms with Crippen LogP contribution in [0.5, 0.6) is 0 Å². The van der Waals surface area contributed by atoms with Gasteiger partial charge in [0.05, 0.1) is 5.69 Å². The molecule has 0 aliphatic carbocycles. The van der Waals surface area contributed by atoms with Crippen LogP contribution in [0.25, 0.3) is 0 Å². The minimum Gasteiger partial charge on any atom is -0.380 e. The average Bonchev–Trinajstić information content (AvgIpc) is 2.07. The van der Waals surface area contributed by atoms with E-state index in [2.05, 4.69) is 46.4 Å². The van der Waals surface area contributed by atoms with E-state index in [1.807, 2.05) is 11.8 Å². The number of rotatable bonds is 0. The van der Waals surface area contributed by atoms with Crippen molar-refractivity contribution in [2.75, 3.05) is 11.1 Å². The summed E-state index contributed by atoms with van der Waals surface area (Å²) in [5.74, 6) is 1.16. The summed E-state index contributed by atoms with van der Waals surface area (Å²) >= 11 is 5.45. The van der Waals surface area contributed by atoms with E-state index in [1.54, 1.807) is 0 Å². The molecule has 0 saturated carbocycles. The summed E-state index contributed by atoms with van der Waals surface area (Å²) in [5, 5.41) is 3.46. The molecule has 1 aromatic carbocycles. The first-order valence-electron chi connectivity index (χ1n) is 3.95. The van der Waals surface area contributed by atoms with Crippen LogP contribution in [0.4, 0.5) is 5.69 Å². The van der Waals surface area contributed by atoms with Crippen LogP contribution in [-0.2, 0) is 0 Å². The predicted molar refractivity (Wildman–Crippen MR) is 58.0 cm³/mol. The van der Waals surface area contributed by atoms with Crippen LogP contribution in [0.3, 0.4) is 0 Å². The van der Waals surface area contributed by atoms with Gasteiger partial charge in [-0.25, -0.2) is 0 Å². The predicted octanol–water partition coefficient (Wildman–Crippen LogP) is 3.36. The second kappa shape index (κ2) is 3.30. The second-order valence-corrected chi connectivity index (χ2v) is 4.89. The number of benzene rings is 1. The molecule has 1 heterocycles. The van der Waals surface area contributed by atoms with Gasteiger partial charge in [-0.05, 0) is 35.0 Å². The van der Waals surface area contributed by atoms with Crippen molar-refractivity contribution in [1.29, 1.82) is 0 Å². The molecule has 0 radical (unpaired) electrons. The first-order valence-corrected chi connectivity index (χ1v) is 5.73. The van der Waals surface area contributed by atoms with Gasteiger partial charge in [0.1, 0.15) is 0 Å². The maximum atomic E-state index is 3.53. The third kappa shape index (κ3) is 1.48. The van der Waals surface area contributed by atoms with Crippen molar-refractivity contribution in [3.63, 3.8) is 0 Å². The van der Waals surface area contributed by atoms with E-state index in [9.17, 15) is 0 Å². The summed E-state index contributed by atoms with van der Waals surface area (Å²) in [6.45, 7) is 2.20. The van der Waals surface area contributed by atoms with Crippen LogP contribution >= 0.6 is 27.7 Å². The van der Waals surface area contributed by atoms with Gasteiger partial charge in [0.15, 0.2) is 0 Å². The number of hydrogen-bond acceptors (Lipinski definition) is 2. The van der Waals surface area contributed by atoms with E-state index < -0.39 is 0 Å². The van der Waals surface area contributed by atoms with Crippen LogP contribution in [0.1, 0.15) is 6.92 Å². The third-order valence-electron chi connectivity index (χ3n) is 1.85.